The Bertz CT molecular complexity index is 445. The van der Waals surface area contributed by atoms with Gasteiger partial charge in [-0.15, -0.1) is 0 Å². The highest BCUT2D eigenvalue weighted by atomic mass is 16.3. The van der Waals surface area contributed by atoms with Gasteiger partial charge in [0.1, 0.15) is 5.75 Å². The fraction of sp³-hybridized carbons (Fsp3) is 0.647. The number of hydrogen-bond acceptors (Lipinski definition) is 2. The maximum Gasteiger partial charge on any atom is 0.120 e. The topological polar surface area (TPSA) is 23.5 Å². The molecule has 1 aromatic rings. The fourth-order valence-corrected chi connectivity index (χ4v) is 4.21. The van der Waals surface area contributed by atoms with E-state index in [2.05, 4.69) is 17.9 Å². The predicted octanol–water partition coefficient (Wildman–Crippen LogP) is 3.94. The number of rotatable bonds is 3. The lowest BCUT2D eigenvalue weighted by molar-refractivity contribution is -0.0237. The van der Waals surface area contributed by atoms with E-state index in [0.717, 1.165) is 18.0 Å². The molecule has 2 unspecified atom stereocenters. The average Bonchev–Trinajstić information content (AvgIpc) is 2.44. The molecule has 19 heavy (non-hydrogen) atoms. The lowest BCUT2D eigenvalue weighted by Crippen LogP contribution is -2.55. The van der Waals surface area contributed by atoms with E-state index in [-0.39, 0.29) is 0 Å². The summed E-state index contributed by atoms with van der Waals surface area (Å²) in [5, 5.41) is 10.00. The predicted molar refractivity (Wildman–Crippen MR) is 78.1 cm³/mol. The van der Waals surface area contributed by atoms with Crippen LogP contribution in [0, 0.1) is 5.92 Å². The van der Waals surface area contributed by atoms with Crippen LogP contribution in [0.25, 0.3) is 0 Å². The molecule has 2 atom stereocenters. The van der Waals surface area contributed by atoms with Gasteiger partial charge in [-0.2, -0.15) is 0 Å². The van der Waals surface area contributed by atoms with Crippen LogP contribution in [0.1, 0.15) is 51.0 Å². The summed E-state index contributed by atoms with van der Waals surface area (Å²) in [5.74, 6) is 1.40. The Kier molecular flexibility index (Phi) is 3.53. The van der Waals surface area contributed by atoms with Crippen LogP contribution in [0.4, 0.5) is 0 Å². The van der Waals surface area contributed by atoms with E-state index in [9.17, 15) is 5.11 Å². The lowest BCUT2D eigenvalue weighted by Gasteiger charge is -2.53. The minimum absolute atomic E-state index is 0.406. The van der Waals surface area contributed by atoms with Crippen LogP contribution in [0.5, 0.6) is 5.75 Å². The highest BCUT2D eigenvalue weighted by Crippen LogP contribution is 2.45. The first-order chi connectivity index (χ1) is 9.23. The fourth-order valence-electron chi connectivity index (χ4n) is 4.21. The summed E-state index contributed by atoms with van der Waals surface area (Å²) >= 11 is 0. The summed E-state index contributed by atoms with van der Waals surface area (Å²) < 4.78 is 0. The third kappa shape index (κ3) is 2.38. The molecule has 2 heteroatoms. The van der Waals surface area contributed by atoms with Crippen molar-refractivity contribution in [2.75, 3.05) is 6.54 Å². The number of piperidine rings is 1. The van der Waals surface area contributed by atoms with E-state index in [4.69, 9.17) is 0 Å². The molecule has 1 aliphatic carbocycles. The van der Waals surface area contributed by atoms with Crippen LogP contribution in [-0.4, -0.2) is 22.1 Å². The molecule has 2 aliphatic rings. The van der Waals surface area contributed by atoms with Gasteiger partial charge in [-0.25, -0.2) is 0 Å². The Labute approximate surface area is 116 Å². The Balaban J connectivity index is 1.81. The molecule has 1 saturated heterocycles. The number of likely N-dealkylation sites (tertiary alicyclic amines) is 1. The van der Waals surface area contributed by atoms with Gasteiger partial charge >= 0.3 is 0 Å². The minimum atomic E-state index is 0.406. The Morgan fingerprint density at radius 2 is 2.16 bits per heavy atom. The van der Waals surface area contributed by atoms with Crippen LogP contribution in [0.15, 0.2) is 24.3 Å². The SMILES string of the molecule is CCC12CCCC(CCN1Cc1ccccc1O)C2. The summed E-state index contributed by atoms with van der Waals surface area (Å²) in [5.41, 5.74) is 1.49. The van der Waals surface area contributed by atoms with Gasteiger partial charge in [-0.3, -0.25) is 4.90 Å². The third-order valence-electron chi connectivity index (χ3n) is 5.41. The van der Waals surface area contributed by atoms with Gasteiger partial charge in [0.25, 0.3) is 0 Å². The first-order valence-electron chi connectivity index (χ1n) is 7.75. The summed E-state index contributed by atoms with van der Waals surface area (Å²) in [4.78, 5) is 2.65. The highest BCUT2D eigenvalue weighted by Gasteiger charge is 2.43. The molecular weight excluding hydrogens is 234 g/mol. The first-order valence-corrected chi connectivity index (χ1v) is 7.75. The van der Waals surface area contributed by atoms with Gasteiger partial charge in [0, 0.05) is 17.6 Å². The number of phenols is 1. The molecule has 104 valence electrons. The Morgan fingerprint density at radius 3 is 2.95 bits per heavy atom. The van der Waals surface area contributed by atoms with E-state index in [1.54, 1.807) is 0 Å². The molecule has 0 radical (unpaired) electrons. The lowest BCUT2D eigenvalue weighted by atomic mass is 9.69. The van der Waals surface area contributed by atoms with Gasteiger partial charge < -0.3 is 5.11 Å². The van der Waals surface area contributed by atoms with E-state index >= 15 is 0 Å². The number of nitrogens with zero attached hydrogens (tertiary/aromatic N) is 1. The quantitative estimate of drug-likeness (QED) is 0.889. The molecule has 1 heterocycles. The average molecular weight is 259 g/mol. The van der Waals surface area contributed by atoms with Crippen molar-refractivity contribution in [2.45, 2.75) is 57.5 Å². The molecule has 1 saturated carbocycles. The standard InChI is InChI=1S/C17H25NO/c1-2-17-10-5-6-14(12-17)9-11-18(17)13-15-7-3-4-8-16(15)19/h3-4,7-8,14,19H,2,5-6,9-13H2,1H3. The zero-order valence-electron chi connectivity index (χ0n) is 11.9. The Morgan fingerprint density at radius 1 is 1.32 bits per heavy atom. The monoisotopic (exact) mass is 259 g/mol. The number of phenolic OH excluding ortho intramolecular Hbond substituents is 1. The van der Waals surface area contributed by atoms with Crippen molar-refractivity contribution in [3.63, 3.8) is 0 Å². The van der Waals surface area contributed by atoms with Gasteiger partial charge in [0.05, 0.1) is 0 Å². The molecule has 3 rings (SSSR count). The molecule has 0 aromatic heterocycles. The molecular formula is C17H25NO. The van der Waals surface area contributed by atoms with Crippen molar-refractivity contribution < 1.29 is 5.11 Å². The van der Waals surface area contributed by atoms with Crippen molar-refractivity contribution >= 4 is 0 Å². The van der Waals surface area contributed by atoms with Crippen LogP contribution in [0.3, 0.4) is 0 Å². The molecule has 1 N–H and O–H groups in total. The second kappa shape index (κ2) is 5.16. The van der Waals surface area contributed by atoms with Crippen LogP contribution < -0.4 is 0 Å². The van der Waals surface area contributed by atoms with Crippen molar-refractivity contribution in [2.24, 2.45) is 5.92 Å². The first kappa shape index (κ1) is 13.0. The van der Waals surface area contributed by atoms with Crippen LogP contribution >= 0.6 is 0 Å². The summed E-state index contributed by atoms with van der Waals surface area (Å²) in [7, 11) is 0. The summed E-state index contributed by atoms with van der Waals surface area (Å²) in [6.07, 6.45) is 8.12. The van der Waals surface area contributed by atoms with E-state index in [0.29, 0.717) is 11.3 Å². The maximum atomic E-state index is 10.00. The number of hydrogen-bond donors (Lipinski definition) is 1. The van der Waals surface area contributed by atoms with Crippen LogP contribution in [-0.2, 0) is 6.54 Å². The largest absolute Gasteiger partial charge is 0.508 e. The smallest absolute Gasteiger partial charge is 0.120 e. The summed E-state index contributed by atoms with van der Waals surface area (Å²) in [6, 6.07) is 7.80. The van der Waals surface area contributed by atoms with Gasteiger partial charge in [0.15, 0.2) is 0 Å². The van der Waals surface area contributed by atoms with Crippen molar-refractivity contribution in [1.82, 2.24) is 4.90 Å². The van der Waals surface area contributed by atoms with Crippen LogP contribution in [0.2, 0.25) is 0 Å². The molecule has 1 aromatic carbocycles. The number of benzene rings is 1. The minimum Gasteiger partial charge on any atom is -0.508 e. The zero-order valence-corrected chi connectivity index (χ0v) is 11.9. The second-order valence-electron chi connectivity index (χ2n) is 6.38. The Hall–Kier alpha value is -1.02. The third-order valence-corrected chi connectivity index (χ3v) is 5.41. The molecule has 0 spiro atoms. The van der Waals surface area contributed by atoms with Gasteiger partial charge in [-0.1, -0.05) is 38.0 Å². The van der Waals surface area contributed by atoms with E-state index in [1.807, 2.05) is 18.2 Å². The van der Waals surface area contributed by atoms with Gasteiger partial charge in [-0.05, 0) is 44.2 Å². The number of fused-ring (bicyclic) bond motifs is 2. The molecule has 2 bridgehead atoms. The summed E-state index contributed by atoms with van der Waals surface area (Å²) in [6.45, 7) is 4.45. The van der Waals surface area contributed by atoms with Crippen molar-refractivity contribution in [1.29, 1.82) is 0 Å². The number of aromatic hydroxyl groups is 1. The molecule has 2 nitrogen and oxygen atoms in total. The van der Waals surface area contributed by atoms with Crippen molar-refractivity contribution in [3.05, 3.63) is 29.8 Å². The molecule has 0 amide bonds. The normalized spacial score (nSPS) is 31.3. The maximum absolute atomic E-state index is 10.00. The second-order valence-corrected chi connectivity index (χ2v) is 6.38. The highest BCUT2D eigenvalue weighted by molar-refractivity contribution is 5.31. The van der Waals surface area contributed by atoms with E-state index < -0.39 is 0 Å². The zero-order chi connectivity index (χ0) is 13.3. The van der Waals surface area contributed by atoms with Gasteiger partial charge in [0.2, 0.25) is 0 Å². The molecule has 2 fully saturated rings. The van der Waals surface area contributed by atoms with E-state index in [1.165, 1.54) is 45.1 Å². The van der Waals surface area contributed by atoms with Crippen molar-refractivity contribution in [3.8, 4) is 5.75 Å². The molecule has 1 aliphatic heterocycles. The number of para-hydroxylation sites is 1.